The van der Waals surface area contributed by atoms with Gasteiger partial charge in [0.1, 0.15) is 11.8 Å². The van der Waals surface area contributed by atoms with Crippen LogP contribution in [0, 0.1) is 0 Å². The van der Waals surface area contributed by atoms with Gasteiger partial charge in [0.25, 0.3) is 0 Å². The summed E-state index contributed by atoms with van der Waals surface area (Å²) in [7, 11) is 0. The fraction of sp³-hybridized carbons (Fsp3) is 0.500. The lowest BCUT2D eigenvalue weighted by molar-refractivity contribution is -0.145. The summed E-state index contributed by atoms with van der Waals surface area (Å²) >= 11 is 0. The first-order chi connectivity index (χ1) is 15.3. The largest absolute Gasteiger partial charge is 0.507 e. The molecule has 1 heterocycles. The van der Waals surface area contributed by atoms with Crippen molar-refractivity contribution in [2.45, 2.75) is 71.9 Å². The average Bonchev–Trinajstić information content (AvgIpc) is 3.14. The SMILES string of the molecule is CCOC(=O)C(NCc1cc2c(cc1N)OCO2)c1cc(C(C)(C)C)c(O)c(C(C)(C)C)c1. The monoisotopic (exact) mass is 456 g/mol. The summed E-state index contributed by atoms with van der Waals surface area (Å²) in [4.78, 5) is 13.0. The molecule has 0 saturated heterocycles. The van der Waals surface area contributed by atoms with E-state index in [1.807, 2.05) is 59.7 Å². The molecule has 0 amide bonds. The minimum absolute atomic E-state index is 0.162. The molecule has 0 spiro atoms. The molecule has 0 saturated carbocycles. The summed E-state index contributed by atoms with van der Waals surface area (Å²) in [6.07, 6.45) is 0. The number of benzene rings is 2. The fourth-order valence-electron chi connectivity index (χ4n) is 3.89. The smallest absolute Gasteiger partial charge is 0.327 e. The molecular formula is C26H36N2O5. The molecule has 3 rings (SSSR count). The van der Waals surface area contributed by atoms with Crippen LogP contribution in [0.3, 0.4) is 0 Å². The zero-order valence-corrected chi connectivity index (χ0v) is 20.7. The molecule has 0 bridgehead atoms. The van der Waals surface area contributed by atoms with Crippen LogP contribution < -0.4 is 20.5 Å². The Morgan fingerprint density at radius 2 is 1.61 bits per heavy atom. The summed E-state index contributed by atoms with van der Waals surface area (Å²) in [5.41, 5.74) is 9.21. The molecule has 4 N–H and O–H groups in total. The summed E-state index contributed by atoms with van der Waals surface area (Å²) in [5, 5.41) is 14.4. The van der Waals surface area contributed by atoms with E-state index in [2.05, 4.69) is 5.32 Å². The highest BCUT2D eigenvalue weighted by atomic mass is 16.7. The minimum Gasteiger partial charge on any atom is -0.507 e. The van der Waals surface area contributed by atoms with Crippen LogP contribution in [-0.2, 0) is 26.9 Å². The van der Waals surface area contributed by atoms with E-state index in [-0.39, 0.29) is 35.9 Å². The van der Waals surface area contributed by atoms with Crippen molar-refractivity contribution in [2.75, 3.05) is 19.1 Å². The zero-order valence-electron chi connectivity index (χ0n) is 20.7. The molecule has 1 atom stereocenters. The Kier molecular flexibility index (Phi) is 6.84. The predicted octanol–water partition coefficient (Wildman–Crippen LogP) is 4.69. The number of phenols is 1. The van der Waals surface area contributed by atoms with E-state index in [9.17, 15) is 9.90 Å². The van der Waals surface area contributed by atoms with Gasteiger partial charge in [0.15, 0.2) is 11.5 Å². The minimum atomic E-state index is -0.738. The third-order valence-corrected chi connectivity index (χ3v) is 5.73. The number of anilines is 1. The third-order valence-electron chi connectivity index (χ3n) is 5.73. The maximum absolute atomic E-state index is 13.0. The molecule has 7 heteroatoms. The summed E-state index contributed by atoms with van der Waals surface area (Å²) in [6.45, 7) is 14.8. The van der Waals surface area contributed by atoms with Gasteiger partial charge in [-0.25, -0.2) is 4.79 Å². The zero-order chi connectivity index (χ0) is 24.6. The summed E-state index contributed by atoms with van der Waals surface area (Å²) in [6, 6.07) is 6.60. The Morgan fingerprint density at radius 1 is 1.06 bits per heavy atom. The normalized spacial score (nSPS) is 14.3. The Hall–Kier alpha value is -2.93. The van der Waals surface area contributed by atoms with Crippen LogP contribution in [0.2, 0.25) is 0 Å². The number of ether oxygens (including phenoxy) is 3. The molecule has 2 aromatic rings. The van der Waals surface area contributed by atoms with Gasteiger partial charge in [0.05, 0.1) is 6.61 Å². The number of phenolic OH excluding ortho intramolecular Hbond substituents is 1. The number of fused-ring (bicyclic) bond motifs is 1. The number of nitrogens with two attached hydrogens (primary N) is 1. The van der Waals surface area contributed by atoms with E-state index in [1.54, 1.807) is 13.0 Å². The van der Waals surface area contributed by atoms with E-state index in [0.29, 0.717) is 23.7 Å². The maximum Gasteiger partial charge on any atom is 0.327 e. The van der Waals surface area contributed by atoms with Crippen LogP contribution in [0.5, 0.6) is 17.2 Å². The highest BCUT2D eigenvalue weighted by molar-refractivity contribution is 5.78. The maximum atomic E-state index is 13.0. The van der Waals surface area contributed by atoms with Gasteiger partial charge in [0.2, 0.25) is 6.79 Å². The van der Waals surface area contributed by atoms with Crippen LogP contribution in [-0.4, -0.2) is 24.5 Å². The average molecular weight is 457 g/mol. The molecule has 7 nitrogen and oxygen atoms in total. The number of carbonyl (C=O) groups excluding carboxylic acids is 1. The molecule has 2 aromatic carbocycles. The predicted molar refractivity (Wildman–Crippen MR) is 129 cm³/mol. The lowest BCUT2D eigenvalue weighted by Gasteiger charge is -2.30. The summed E-state index contributed by atoms with van der Waals surface area (Å²) < 4.78 is 16.2. The number of nitrogens with one attached hydrogen (secondary N) is 1. The standard InChI is InChI=1S/C26H36N2O5/c1-8-31-24(30)22(28-13-16-11-20-21(12-19(16)27)33-14-32-20)15-9-17(25(2,3)4)23(29)18(10-15)26(5,6)7/h9-12,22,28-29H,8,13-14,27H2,1-7H3. The van der Waals surface area contributed by atoms with Crippen molar-refractivity contribution in [3.63, 3.8) is 0 Å². The van der Waals surface area contributed by atoms with Crippen LogP contribution in [0.25, 0.3) is 0 Å². The molecule has 180 valence electrons. The molecule has 1 unspecified atom stereocenters. The quantitative estimate of drug-likeness (QED) is 0.428. The number of rotatable bonds is 6. The van der Waals surface area contributed by atoms with E-state index < -0.39 is 6.04 Å². The van der Waals surface area contributed by atoms with Crippen molar-refractivity contribution >= 4 is 11.7 Å². The lowest BCUT2D eigenvalue weighted by atomic mass is 9.77. The number of hydrogen-bond donors (Lipinski definition) is 3. The first-order valence-corrected chi connectivity index (χ1v) is 11.3. The van der Waals surface area contributed by atoms with Gasteiger partial charge in [0, 0.05) is 18.3 Å². The molecule has 1 aliphatic rings. The molecule has 0 fully saturated rings. The highest BCUT2D eigenvalue weighted by Crippen LogP contribution is 2.41. The van der Waals surface area contributed by atoms with Crippen molar-refractivity contribution in [1.82, 2.24) is 5.32 Å². The van der Waals surface area contributed by atoms with Gasteiger partial charge in [-0.3, -0.25) is 5.32 Å². The van der Waals surface area contributed by atoms with E-state index in [1.165, 1.54) is 0 Å². The Balaban J connectivity index is 2.03. The van der Waals surface area contributed by atoms with Crippen molar-refractivity contribution in [3.05, 3.63) is 46.5 Å². The number of hydrogen-bond acceptors (Lipinski definition) is 7. The van der Waals surface area contributed by atoms with Gasteiger partial charge < -0.3 is 25.1 Å². The van der Waals surface area contributed by atoms with E-state index in [0.717, 1.165) is 22.3 Å². The van der Waals surface area contributed by atoms with Gasteiger partial charge in [-0.05, 0) is 58.2 Å². The van der Waals surface area contributed by atoms with Crippen LogP contribution >= 0.6 is 0 Å². The number of carbonyl (C=O) groups is 1. The molecule has 0 radical (unpaired) electrons. The van der Waals surface area contributed by atoms with Crippen molar-refractivity contribution in [1.29, 1.82) is 0 Å². The molecule has 1 aliphatic heterocycles. The molecular weight excluding hydrogens is 420 g/mol. The third kappa shape index (κ3) is 5.36. The molecule has 0 aliphatic carbocycles. The first-order valence-electron chi connectivity index (χ1n) is 11.3. The van der Waals surface area contributed by atoms with Crippen LogP contribution in [0.4, 0.5) is 5.69 Å². The molecule has 33 heavy (non-hydrogen) atoms. The van der Waals surface area contributed by atoms with Gasteiger partial charge >= 0.3 is 5.97 Å². The topological polar surface area (TPSA) is 103 Å². The van der Waals surface area contributed by atoms with E-state index in [4.69, 9.17) is 19.9 Å². The van der Waals surface area contributed by atoms with Crippen molar-refractivity contribution in [2.24, 2.45) is 0 Å². The van der Waals surface area contributed by atoms with Crippen LogP contribution in [0.1, 0.15) is 76.8 Å². The van der Waals surface area contributed by atoms with Gasteiger partial charge in [-0.2, -0.15) is 0 Å². The first kappa shape index (κ1) is 24.7. The Labute approximate surface area is 196 Å². The number of esters is 1. The Bertz CT molecular complexity index is 999. The van der Waals surface area contributed by atoms with E-state index >= 15 is 0 Å². The second kappa shape index (κ2) is 9.14. The second-order valence-electron chi connectivity index (χ2n) is 10.4. The second-order valence-corrected chi connectivity index (χ2v) is 10.4. The highest BCUT2D eigenvalue weighted by Gasteiger charge is 2.31. The number of aromatic hydroxyl groups is 1. The molecule has 0 aromatic heterocycles. The van der Waals surface area contributed by atoms with Crippen molar-refractivity contribution < 1.29 is 24.1 Å². The lowest BCUT2D eigenvalue weighted by Crippen LogP contribution is -2.31. The fourth-order valence-corrected chi connectivity index (χ4v) is 3.89. The van der Waals surface area contributed by atoms with Gasteiger partial charge in [-0.1, -0.05) is 41.5 Å². The van der Waals surface area contributed by atoms with Crippen LogP contribution in [0.15, 0.2) is 24.3 Å². The Morgan fingerprint density at radius 3 is 2.12 bits per heavy atom. The van der Waals surface area contributed by atoms with Crippen molar-refractivity contribution in [3.8, 4) is 17.2 Å². The number of nitrogen functional groups attached to an aromatic ring is 1. The summed E-state index contributed by atoms with van der Waals surface area (Å²) in [5.74, 6) is 1.12. The van der Waals surface area contributed by atoms with Gasteiger partial charge in [-0.15, -0.1) is 0 Å².